The minimum Gasteiger partial charge on any atom is -0.495 e. The summed E-state index contributed by atoms with van der Waals surface area (Å²) in [5.41, 5.74) is 1.48. The molecular formula is C19H20N2O2S. The van der Waals surface area contributed by atoms with Crippen LogP contribution in [-0.4, -0.2) is 17.9 Å². The maximum absolute atomic E-state index is 6.48. The Bertz CT molecular complexity index is 809. The first-order valence-corrected chi connectivity index (χ1v) is 8.49. The van der Waals surface area contributed by atoms with Gasteiger partial charge in [-0.1, -0.05) is 37.3 Å². The Hall–Kier alpha value is -2.27. The molecule has 2 aromatic rings. The van der Waals surface area contributed by atoms with Crippen LogP contribution in [0.3, 0.4) is 0 Å². The Balaban J connectivity index is 1.88. The van der Waals surface area contributed by atoms with E-state index in [1.54, 1.807) is 7.11 Å². The molecule has 2 heterocycles. The van der Waals surface area contributed by atoms with Crippen LogP contribution < -0.4 is 19.7 Å². The van der Waals surface area contributed by atoms with E-state index in [4.69, 9.17) is 21.7 Å². The third-order valence-corrected chi connectivity index (χ3v) is 5.47. The van der Waals surface area contributed by atoms with Gasteiger partial charge in [0.05, 0.1) is 18.8 Å². The number of ether oxygens (including phenoxy) is 2. The molecule has 0 aromatic heterocycles. The fourth-order valence-corrected chi connectivity index (χ4v) is 4.15. The third-order valence-electron chi connectivity index (χ3n) is 5.17. The molecule has 24 heavy (non-hydrogen) atoms. The number of hydrogen-bond donors (Lipinski definition) is 1. The molecule has 4 nitrogen and oxygen atoms in total. The third kappa shape index (κ3) is 2.01. The number of anilines is 1. The van der Waals surface area contributed by atoms with Crippen LogP contribution in [0, 0.1) is 5.92 Å². The van der Waals surface area contributed by atoms with Crippen LogP contribution in [0.1, 0.15) is 25.5 Å². The summed E-state index contributed by atoms with van der Waals surface area (Å²) in [4.78, 5) is 2.04. The molecule has 0 spiro atoms. The lowest BCUT2D eigenvalue weighted by Gasteiger charge is -2.56. The fourth-order valence-electron chi connectivity index (χ4n) is 3.74. The molecule has 3 atom stereocenters. The number of fused-ring (bicyclic) bond motifs is 4. The Kier molecular flexibility index (Phi) is 3.42. The molecule has 2 aliphatic heterocycles. The normalized spacial score (nSPS) is 27.8. The van der Waals surface area contributed by atoms with Crippen LogP contribution in [0.4, 0.5) is 5.69 Å². The Labute approximate surface area is 147 Å². The standard InChI is InChI=1S/C19H20N2O2S/c1-12-17-13-8-4-6-10-15(13)23-19(12,2)21(18(24)20-17)14-9-5-7-11-16(14)22-3/h4-12,17H,1-3H3,(H,20,24)/t12-,17+,19+/m1/s1. The number of para-hydroxylation sites is 3. The number of hydrogen-bond acceptors (Lipinski definition) is 3. The van der Waals surface area contributed by atoms with Crippen molar-refractivity contribution in [3.63, 3.8) is 0 Å². The van der Waals surface area contributed by atoms with Gasteiger partial charge in [-0.2, -0.15) is 0 Å². The van der Waals surface area contributed by atoms with E-state index in [1.807, 2.05) is 47.4 Å². The van der Waals surface area contributed by atoms with Crippen molar-refractivity contribution in [2.45, 2.75) is 25.6 Å². The van der Waals surface area contributed by atoms with Gasteiger partial charge in [0.2, 0.25) is 0 Å². The molecule has 5 heteroatoms. The highest BCUT2D eigenvalue weighted by Crippen LogP contribution is 2.50. The first-order valence-electron chi connectivity index (χ1n) is 8.08. The largest absolute Gasteiger partial charge is 0.495 e. The lowest BCUT2D eigenvalue weighted by atomic mass is 9.80. The molecule has 0 unspecified atom stereocenters. The van der Waals surface area contributed by atoms with Gasteiger partial charge in [-0.15, -0.1) is 0 Å². The number of rotatable bonds is 2. The SMILES string of the molecule is COc1ccccc1N1C(=S)N[C@@H]2c3ccccc3O[C@@]1(C)[C@@H]2C. The number of benzene rings is 2. The summed E-state index contributed by atoms with van der Waals surface area (Å²) in [5, 5.41) is 4.15. The van der Waals surface area contributed by atoms with Gasteiger partial charge in [-0.3, -0.25) is 4.90 Å². The number of nitrogens with one attached hydrogen (secondary N) is 1. The number of methoxy groups -OCH3 is 1. The summed E-state index contributed by atoms with van der Waals surface area (Å²) in [6.07, 6.45) is 0. The van der Waals surface area contributed by atoms with Crippen molar-refractivity contribution in [2.24, 2.45) is 5.92 Å². The molecule has 2 bridgehead atoms. The van der Waals surface area contributed by atoms with Crippen molar-refractivity contribution >= 4 is 23.0 Å². The minimum absolute atomic E-state index is 0.137. The first kappa shape index (κ1) is 15.3. The summed E-state index contributed by atoms with van der Waals surface area (Å²) in [7, 11) is 1.67. The predicted molar refractivity (Wildman–Crippen MR) is 98.6 cm³/mol. The van der Waals surface area contributed by atoms with Gasteiger partial charge < -0.3 is 14.8 Å². The fraction of sp³-hybridized carbons (Fsp3) is 0.316. The smallest absolute Gasteiger partial charge is 0.191 e. The van der Waals surface area contributed by atoms with Gasteiger partial charge >= 0.3 is 0 Å². The van der Waals surface area contributed by atoms with Gasteiger partial charge in [0, 0.05) is 11.5 Å². The average Bonchev–Trinajstić information content (AvgIpc) is 2.58. The number of nitrogens with zero attached hydrogens (tertiary/aromatic N) is 1. The lowest BCUT2D eigenvalue weighted by molar-refractivity contribution is -0.00342. The molecule has 0 saturated carbocycles. The van der Waals surface area contributed by atoms with Crippen LogP contribution in [0.15, 0.2) is 48.5 Å². The summed E-state index contributed by atoms with van der Waals surface area (Å²) >= 11 is 5.70. The zero-order valence-electron chi connectivity index (χ0n) is 13.9. The molecule has 0 amide bonds. The van der Waals surface area contributed by atoms with Crippen LogP contribution >= 0.6 is 12.2 Å². The second-order valence-electron chi connectivity index (χ2n) is 6.42. The van der Waals surface area contributed by atoms with E-state index in [0.717, 1.165) is 22.7 Å². The van der Waals surface area contributed by atoms with Gasteiger partial charge in [-0.25, -0.2) is 0 Å². The average molecular weight is 340 g/mol. The van der Waals surface area contributed by atoms with E-state index >= 15 is 0 Å². The highest BCUT2D eigenvalue weighted by molar-refractivity contribution is 7.80. The van der Waals surface area contributed by atoms with Crippen LogP contribution in [0.5, 0.6) is 11.5 Å². The molecule has 1 N–H and O–H groups in total. The summed E-state index contributed by atoms with van der Waals surface area (Å²) in [5.74, 6) is 1.87. The second kappa shape index (κ2) is 5.38. The molecule has 2 aromatic carbocycles. The molecule has 4 rings (SSSR count). The topological polar surface area (TPSA) is 33.7 Å². The first-order chi connectivity index (χ1) is 11.6. The van der Waals surface area contributed by atoms with Crippen molar-refractivity contribution in [3.8, 4) is 11.5 Å². The summed E-state index contributed by atoms with van der Waals surface area (Å²) < 4.78 is 12.0. The maximum Gasteiger partial charge on any atom is 0.191 e. The van der Waals surface area contributed by atoms with E-state index in [2.05, 4.69) is 25.2 Å². The molecule has 0 aliphatic carbocycles. The van der Waals surface area contributed by atoms with Gasteiger partial charge in [0.15, 0.2) is 10.8 Å². The quantitative estimate of drug-likeness (QED) is 0.839. The van der Waals surface area contributed by atoms with E-state index in [0.29, 0.717) is 5.11 Å². The van der Waals surface area contributed by atoms with Gasteiger partial charge in [-0.05, 0) is 37.3 Å². The van der Waals surface area contributed by atoms with E-state index in [1.165, 1.54) is 0 Å². The molecule has 2 aliphatic rings. The monoisotopic (exact) mass is 340 g/mol. The zero-order valence-corrected chi connectivity index (χ0v) is 14.8. The van der Waals surface area contributed by atoms with Crippen molar-refractivity contribution in [3.05, 3.63) is 54.1 Å². The summed E-state index contributed by atoms with van der Waals surface area (Å²) in [6, 6.07) is 16.2. The van der Waals surface area contributed by atoms with Crippen LogP contribution in [0.2, 0.25) is 0 Å². The number of thiocarbonyl (C=S) groups is 1. The molecular weight excluding hydrogens is 320 g/mol. The van der Waals surface area contributed by atoms with Crippen molar-refractivity contribution in [1.82, 2.24) is 5.32 Å². The Morgan fingerprint density at radius 3 is 2.67 bits per heavy atom. The summed E-state index contributed by atoms with van der Waals surface area (Å²) in [6.45, 7) is 4.29. The molecule has 1 fully saturated rings. The molecule has 1 saturated heterocycles. The van der Waals surface area contributed by atoms with Crippen molar-refractivity contribution in [1.29, 1.82) is 0 Å². The zero-order chi connectivity index (χ0) is 16.9. The molecule has 0 radical (unpaired) electrons. The predicted octanol–water partition coefficient (Wildman–Crippen LogP) is 3.88. The highest BCUT2D eigenvalue weighted by atomic mass is 32.1. The van der Waals surface area contributed by atoms with Gasteiger partial charge in [0.1, 0.15) is 11.5 Å². The highest BCUT2D eigenvalue weighted by Gasteiger charge is 2.54. The minimum atomic E-state index is -0.587. The van der Waals surface area contributed by atoms with Crippen molar-refractivity contribution in [2.75, 3.05) is 12.0 Å². The van der Waals surface area contributed by atoms with E-state index < -0.39 is 5.72 Å². The van der Waals surface area contributed by atoms with E-state index in [-0.39, 0.29) is 12.0 Å². The van der Waals surface area contributed by atoms with Gasteiger partial charge in [0.25, 0.3) is 0 Å². The Morgan fingerprint density at radius 2 is 1.88 bits per heavy atom. The van der Waals surface area contributed by atoms with Crippen LogP contribution in [0.25, 0.3) is 0 Å². The van der Waals surface area contributed by atoms with Crippen LogP contribution in [-0.2, 0) is 0 Å². The maximum atomic E-state index is 6.48. The van der Waals surface area contributed by atoms with Crippen molar-refractivity contribution < 1.29 is 9.47 Å². The Morgan fingerprint density at radius 1 is 1.17 bits per heavy atom. The lowest BCUT2D eigenvalue weighted by Crippen LogP contribution is -2.69. The second-order valence-corrected chi connectivity index (χ2v) is 6.80. The van der Waals surface area contributed by atoms with E-state index in [9.17, 15) is 0 Å². The molecule has 124 valence electrons.